The Morgan fingerprint density at radius 2 is 1.68 bits per heavy atom. The molecule has 3 atom stereocenters. The number of fused-ring (bicyclic) bond motifs is 1. The second-order valence-corrected chi connectivity index (χ2v) is 6.51. The third kappa shape index (κ3) is 3.11. The van der Waals surface area contributed by atoms with Gasteiger partial charge in [-0.1, -0.05) is 12.8 Å². The van der Waals surface area contributed by atoms with Gasteiger partial charge in [0.2, 0.25) is 17.7 Å². The maximum Gasteiger partial charge on any atom is 0.269 e. The zero-order chi connectivity index (χ0) is 18.1. The molecule has 132 valence electrons. The molecule has 1 saturated heterocycles. The van der Waals surface area contributed by atoms with Gasteiger partial charge in [0.05, 0.1) is 16.8 Å². The lowest BCUT2D eigenvalue weighted by Gasteiger charge is -2.22. The molecule has 0 radical (unpaired) electrons. The SMILES string of the molecule is CC(C(=O)Nc1ccc([N+](=O)[O-])cc1)N1C(=O)C2CCCCC2C1=O. The molecule has 0 bridgehead atoms. The molecule has 3 rings (SSSR count). The average Bonchev–Trinajstić information content (AvgIpc) is 2.86. The van der Waals surface area contributed by atoms with Gasteiger partial charge in [-0.2, -0.15) is 0 Å². The van der Waals surface area contributed by atoms with E-state index in [-0.39, 0.29) is 29.3 Å². The second-order valence-electron chi connectivity index (χ2n) is 6.51. The van der Waals surface area contributed by atoms with Crippen molar-refractivity contribution in [2.45, 2.75) is 38.6 Å². The third-order valence-corrected chi connectivity index (χ3v) is 4.99. The smallest absolute Gasteiger partial charge is 0.269 e. The maximum absolute atomic E-state index is 12.5. The normalized spacial score (nSPS) is 24.0. The highest BCUT2D eigenvalue weighted by Gasteiger charge is 2.50. The first-order valence-electron chi connectivity index (χ1n) is 8.32. The van der Waals surface area contributed by atoms with Crippen LogP contribution in [0.4, 0.5) is 11.4 Å². The van der Waals surface area contributed by atoms with E-state index in [1.807, 2.05) is 0 Å². The number of hydrogen-bond donors (Lipinski definition) is 1. The van der Waals surface area contributed by atoms with Crippen LogP contribution in [0.15, 0.2) is 24.3 Å². The van der Waals surface area contributed by atoms with Crippen LogP contribution in [0, 0.1) is 22.0 Å². The van der Waals surface area contributed by atoms with E-state index in [4.69, 9.17) is 0 Å². The molecule has 25 heavy (non-hydrogen) atoms. The number of nitro groups is 1. The van der Waals surface area contributed by atoms with Gasteiger partial charge in [-0.05, 0) is 31.9 Å². The fourth-order valence-electron chi connectivity index (χ4n) is 3.60. The summed E-state index contributed by atoms with van der Waals surface area (Å²) < 4.78 is 0. The van der Waals surface area contributed by atoms with Crippen molar-refractivity contribution in [1.82, 2.24) is 4.90 Å². The number of imide groups is 1. The Bertz CT molecular complexity index is 706. The van der Waals surface area contributed by atoms with Gasteiger partial charge < -0.3 is 5.32 Å². The monoisotopic (exact) mass is 345 g/mol. The summed E-state index contributed by atoms with van der Waals surface area (Å²) in [5, 5.41) is 13.2. The number of rotatable bonds is 4. The number of likely N-dealkylation sites (tertiary alicyclic amines) is 1. The Labute approximate surface area is 144 Å². The highest BCUT2D eigenvalue weighted by atomic mass is 16.6. The summed E-state index contributed by atoms with van der Waals surface area (Å²) in [5.41, 5.74) is 0.291. The predicted molar refractivity (Wildman–Crippen MR) is 88.5 cm³/mol. The summed E-state index contributed by atoms with van der Waals surface area (Å²) >= 11 is 0. The van der Waals surface area contributed by atoms with Crippen LogP contribution in [0.25, 0.3) is 0 Å². The van der Waals surface area contributed by atoms with Crippen LogP contribution in [0.1, 0.15) is 32.6 Å². The Kier molecular flexibility index (Phi) is 4.52. The van der Waals surface area contributed by atoms with E-state index < -0.39 is 16.9 Å². The Balaban J connectivity index is 1.70. The molecule has 2 fully saturated rings. The molecule has 0 spiro atoms. The van der Waals surface area contributed by atoms with Gasteiger partial charge in [0.15, 0.2) is 0 Å². The standard InChI is InChI=1S/C17H19N3O5/c1-10(15(21)18-11-6-8-12(9-7-11)20(24)25)19-16(22)13-4-2-3-5-14(13)17(19)23/h6-10,13-14H,2-5H2,1H3,(H,18,21). The average molecular weight is 345 g/mol. The molecule has 8 heteroatoms. The van der Waals surface area contributed by atoms with Crippen LogP contribution in [-0.2, 0) is 14.4 Å². The first-order valence-corrected chi connectivity index (χ1v) is 8.32. The fourth-order valence-corrected chi connectivity index (χ4v) is 3.60. The van der Waals surface area contributed by atoms with Crippen molar-refractivity contribution in [3.05, 3.63) is 34.4 Å². The molecular weight excluding hydrogens is 326 g/mol. The number of carbonyl (C=O) groups is 3. The Hall–Kier alpha value is -2.77. The first-order chi connectivity index (χ1) is 11.9. The molecule has 3 amide bonds. The van der Waals surface area contributed by atoms with Gasteiger partial charge in [0, 0.05) is 17.8 Å². The van der Waals surface area contributed by atoms with Crippen LogP contribution in [0.3, 0.4) is 0 Å². The van der Waals surface area contributed by atoms with E-state index >= 15 is 0 Å². The predicted octanol–water partition coefficient (Wildman–Crippen LogP) is 2.10. The summed E-state index contributed by atoms with van der Waals surface area (Å²) in [6.45, 7) is 1.52. The van der Waals surface area contributed by atoms with Crippen LogP contribution in [-0.4, -0.2) is 33.6 Å². The van der Waals surface area contributed by atoms with Gasteiger partial charge in [0.25, 0.3) is 5.69 Å². The zero-order valence-electron chi connectivity index (χ0n) is 13.8. The molecule has 1 aliphatic heterocycles. The number of hydrogen-bond acceptors (Lipinski definition) is 5. The van der Waals surface area contributed by atoms with Crippen molar-refractivity contribution in [2.75, 3.05) is 5.32 Å². The van der Waals surface area contributed by atoms with Gasteiger partial charge in [0.1, 0.15) is 6.04 Å². The number of nitro benzene ring substituents is 1. The van der Waals surface area contributed by atoms with E-state index in [2.05, 4.69) is 5.32 Å². The molecule has 3 unspecified atom stereocenters. The summed E-state index contributed by atoms with van der Waals surface area (Å²) in [6, 6.07) is 4.47. The van der Waals surface area contributed by atoms with Crippen LogP contribution < -0.4 is 5.32 Å². The minimum Gasteiger partial charge on any atom is -0.324 e. The van der Waals surface area contributed by atoms with E-state index in [1.165, 1.54) is 31.2 Å². The molecule has 1 aliphatic carbocycles. The van der Waals surface area contributed by atoms with Gasteiger partial charge >= 0.3 is 0 Å². The first kappa shape index (κ1) is 17.1. The summed E-state index contributed by atoms with van der Waals surface area (Å²) in [5.74, 6) is -1.61. The van der Waals surface area contributed by atoms with Crippen molar-refractivity contribution in [1.29, 1.82) is 0 Å². The molecule has 2 aliphatic rings. The molecule has 1 aromatic rings. The number of nitrogens with one attached hydrogen (secondary N) is 1. The number of amides is 3. The van der Waals surface area contributed by atoms with Crippen molar-refractivity contribution in [2.24, 2.45) is 11.8 Å². The highest BCUT2D eigenvalue weighted by Crippen LogP contribution is 2.38. The minimum absolute atomic E-state index is 0.0833. The van der Waals surface area contributed by atoms with Crippen molar-refractivity contribution in [3.8, 4) is 0 Å². The zero-order valence-corrected chi connectivity index (χ0v) is 13.8. The Morgan fingerprint density at radius 3 is 2.16 bits per heavy atom. The topological polar surface area (TPSA) is 110 Å². The van der Waals surface area contributed by atoms with Crippen molar-refractivity contribution < 1.29 is 19.3 Å². The van der Waals surface area contributed by atoms with Crippen molar-refractivity contribution in [3.63, 3.8) is 0 Å². The lowest BCUT2D eigenvalue weighted by atomic mass is 9.81. The quantitative estimate of drug-likeness (QED) is 0.510. The summed E-state index contributed by atoms with van der Waals surface area (Å²) in [4.78, 5) is 48.7. The van der Waals surface area contributed by atoms with Gasteiger partial charge in [-0.15, -0.1) is 0 Å². The molecule has 8 nitrogen and oxygen atoms in total. The molecule has 0 aromatic heterocycles. The number of benzene rings is 1. The number of anilines is 1. The van der Waals surface area contributed by atoms with E-state index in [0.717, 1.165) is 17.7 Å². The molecule has 1 N–H and O–H groups in total. The maximum atomic E-state index is 12.5. The van der Waals surface area contributed by atoms with E-state index in [0.29, 0.717) is 18.5 Å². The number of nitrogens with zero attached hydrogens (tertiary/aromatic N) is 2. The molecule has 1 heterocycles. The number of non-ortho nitro benzene ring substituents is 1. The molecular formula is C17H19N3O5. The lowest BCUT2D eigenvalue weighted by Crippen LogP contribution is -2.46. The van der Waals surface area contributed by atoms with Crippen LogP contribution in [0.2, 0.25) is 0 Å². The van der Waals surface area contributed by atoms with Gasteiger partial charge in [-0.3, -0.25) is 29.4 Å². The number of carbonyl (C=O) groups excluding carboxylic acids is 3. The Morgan fingerprint density at radius 1 is 1.16 bits per heavy atom. The second kappa shape index (κ2) is 6.62. The van der Waals surface area contributed by atoms with Gasteiger partial charge in [-0.25, -0.2) is 0 Å². The minimum atomic E-state index is -0.916. The summed E-state index contributed by atoms with van der Waals surface area (Å²) in [7, 11) is 0. The van der Waals surface area contributed by atoms with Crippen LogP contribution >= 0.6 is 0 Å². The van der Waals surface area contributed by atoms with Crippen LogP contribution in [0.5, 0.6) is 0 Å². The largest absolute Gasteiger partial charge is 0.324 e. The van der Waals surface area contributed by atoms with E-state index in [9.17, 15) is 24.5 Å². The fraction of sp³-hybridized carbons (Fsp3) is 0.471. The van der Waals surface area contributed by atoms with Crippen molar-refractivity contribution >= 4 is 29.1 Å². The highest BCUT2D eigenvalue weighted by molar-refractivity contribution is 6.09. The van der Waals surface area contributed by atoms with E-state index in [1.54, 1.807) is 0 Å². The summed E-state index contributed by atoms with van der Waals surface area (Å²) in [6.07, 6.45) is 3.25. The molecule has 1 saturated carbocycles. The third-order valence-electron chi connectivity index (χ3n) is 4.99. The lowest BCUT2D eigenvalue weighted by molar-refractivity contribution is -0.384. The molecule has 1 aromatic carbocycles.